The summed E-state index contributed by atoms with van der Waals surface area (Å²) >= 11 is 0. The second kappa shape index (κ2) is 9.18. The number of carbonyl (C=O) groups excluding carboxylic acids is 1. The summed E-state index contributed by atoms with van der Waals surface area (Å²) in [7, 11) is 2.86. The smallest absolute Gasteiger partial charge is 0.332 e. The number of carboxylic acids is 1. The van der Waals surface area contributed by atoms with Gasteiger partial charge >= 0.3 is 11.7 Å². The standard InChI is InChI=1S/C19H24N4O7/c1-21-16-15(17(27)22(2)19(21)28)23(11-20-16)18-13(24)8-7-12(30-18)10-29-9-5-3-4-6-14(25)26/h7-8,11-12,18H,3-6,9-10H2,1-2H3,(H,25,26). The quantitative estimate of drug-likeness (QED) is 0.565. The first-order valence-corrected chi connectivity index (χ1v) is 9.61. The van der Waals surface area contributed by atoms with Crippen LogP contribution >= 0.6 is 0 Å². The van der Waals surface area contributed by atoms with Crippen molar-refractivity contribution in [3.05, 3.63) is 39.3 Å². The van der Waals surface area contributed by atoms with E-state index in [1.54, 1.807) is 6.08 Å². The lowest BCUT2D eigenvalue weighted by molar-refractivity contribution is -0.140. The van der Waals surface area contributed by atoms with Gasteiger partial charge in [-0.25, -0.2) is 9.78 Å². The maximum Gasteiger partial charge on any atom is 0.332 e. The molecule has 3 rings (SSSR count). The van der Waals surface area contributed by atoms with Crippen molar-refractivity contribution in [2.24, 2.45) is 14.1 Å². The number of aliphatic carboxylic acids is 1. The highest BCUT2D eigenvalue weighted by atomic mass is 16.5. The molecular weight excluding hydrogens is 396 g/mol. The van der Waals surface area contributed by atoms with Gasteiger partial charge in [0.15, 0.2) is 17.4 Å². The summed E-state index contributed by atoms with van der Waals surface area (Å²) in [4.78, 5) is 51.7. The average Bonchev–Trinajstić information content (AvgIpc) is 3.16. The molecule has 0 fully saturated rings. The van der Waals surface area contributed by atoms with E-state index >= 15 is 0 Å². The minimum Gasteiger partial charge on any atom is -0.481 e. The van der Waals surface area contributed by atoms with Crippen molar-refractivity contribution in [3.63, 3.8) is 0 Å². The van der Waals surface area contributed by atoms with E-state index in [9.17, 15) is 19.2 Å². The van der Waals surface area contributed by atoms with Crippen LogP contribution in [0.4, 0.5) is 0 Å². The fourth-order valence-electron chi connectivity index (χ4n) is 3.26. The lowest BCUT2D eigenvalue weighted by atomic mass is 10.2. The third kappa shape index (κ3) is 4.41. The number of carbonyl (C=O) groups is 2. The Bertz CT molecular complexity index is 1090. The minimum atomic E-state index is -1.09. The van der Waals surface area contributed by atoms with Crippen molar-refractivity contribution < 1.29 is 24.2 Å². The van der Waals surface area contributed by atoms with Crippen LogP contribution in [0.25, 0.3) is 11.2 Å². The molecule has 0 spiro atoms. The van der Waals surface area contributed by atoms with Gasteiger partial charge in [0, 0.05) is 27.1 Å². The average molecular weight is 420 g/mol. The number of carboxylic acid groups (broad SMARTS) is 1. The van der Waals surface area contributed by atoms with Gasteiger partial charge < -0.3 is 14.6 Å². The van der Waals surface area contributed by atoms with E-state index in [4.69, 9.17) is 14.6 Å². The molecule has 30 heavy (non-hydrogen) atoms. The Morgan fingerprint density at radius 3 is 2.70 bits per heavy atom. The maximum atomic E-state index is 12.6. The van der Waals surface area contributed by atoms with Crippen LogP contribution in [0.5, 0.6) is 0 Å². The molecule has 0 radical (unpaired) electrons. The van der Waals surface area contributed by atoms with Crippen molar-refractivity contribution in [2.75, 3.05) is 13.2 Å². The molecule has 162 valence electrons. The monoisotopic (exact) mass is 420 g/mol. The molecule has 2 atom stereocenters. The second-order valence-corrected chi connectivity index (χ2v) is 7.10. The van der Waals surface area contributed by atoms with Crippen molar-refractivity contribution in [3.8, 4) is 0 Å². The first-order chi connectivity index (χ1) is 14.3. The zero-order chi connectivity index (χ0) is 21.8. The molecule has 0 aliphatic carbocycles. The van der Waals surface area contributed by atoms with Gasteiger partial charge in [-0.2, -0.15) is 0 Å². The van der Waals surface area contributed by atoms with Crippen LogP contribution in [0.2, 0.25) is 0 Å². The number of aryl methyl sites for hydroxylation is 1. The predicted molar refractivity (Wildman–Crippen MR) is 105 cm³/mol. The van der Waals surface area contributed by atoms with Gasteiger partial charge in [0.2, 0.25) is 5.78 Å². The zero-order valence-electron chi connectivity index (χ0n) is 16.8. The first-order valence-electron chi connectivity index (χ1n) is 9.61. The summed E-state index contributed by atoms with van der Waals surface area (Å²) in [6.07, 6.45) is 4.91. The summed E-state index contributed by atoms with van der Waals surface area (Å²) < 4.78 is 14.9. The molecule has 11 heteroatoms. The summed E-state index contributed by atoms with van der Waals surface area (Å²) in [6, 6.07) is 0. The number of aromatic nitrogens is 4. The SMILES string of the molecule is Cn1c(=O)c2c(ncn2C2OC(COCCCCCC(=O)O)C=CC2=O)n(C)c1=O. The second-order valence-electron chi connectivity index (χ2n) is 7.10. The summed E-state index contributed by atoms with van der Waals surface area (Å²) in [5.41, 5.74) is -0.802. The van der Waals surface area contributed by atoms with Gasteiger partial charge in [-0.3, -0.25) is 28.1 Å². The summed E-state index contributed by atoms with van der Waals surface area (Å²) in [5, 5.41) is 8.61. The van der Waals surface area contributed by atoms with Crippen molar-refractivity contribution >= 4 is 22.9 Å². The fraction of sp³-hybridized carbons (Fsp3) is 0.526. The van der Waals surface area contributed by atoms with Gasteiger partial charge in [-0.1, -0.05) is 6.42 Å². The zero-order valence-corrected chi connectivity index (χ0v) is 16.8. The molecule has 0 saturated carbocycles. The van der Waals surface area contributed by atoms with E-state index in [0.29, 0.717) is 13.0 Å². The lowest BCUT2D eigenvalue weighted by Gasteiger charge is -2.26. The van der Waals surface area contributed by atoms with E-state index < -0.39 is 29.6 Å². The molecule has 2 aromatic heterocycles. The van der Waals surface area contributed by atoms with Crippen LogP contribution in [-0.4, -0.2) is 54.9 Å². The molecule has 0 bridgehead atoms. The molecule has 1 aliphatic heterocycles. The molecule has 0 saturated heterocycles. The molecule has 2 unspecified atom stereocenters. The van der Waals surface area contributed by atoms with E-state index in [2.05, 4.69) is 4.98 Å². The van der Waals surface area contributed by atoms with Gasteiger partial charge in [-0.15, -0.1) is 0 Å². The van der Waals surface area contributed by atoms with Crippen molar-refractivity contribution in [2.45, 2.75) is 38.0 Å². The van der Waals surface area contributed by atoms with Crippen LogP contribution in [-0.2, 0) is 33.2 Å². The van der Waals surface area contributed by atoms with Gasteiger partial charge in [-0.05, 0) is 25.0 Å². The van der Waals surface area contributed by atoms with E-state index in [-0.39, 0.29) is 30.0 Å². The van der Waals surface area contributed by atoms with E-state index in [1.165, 1.54) is 35.6 Å². The number of hydrogen-bond donors (Lipinski definition) is 1. The van der Waals surface area contributed by atoms with Crippen LogP contribution < -0.4 is 11.2 Å². The third-order valence-corrected chi connectivity index (χ3v) is 4.91. The van der Waals surface area contributed by atoms with Crippen molar-refractivity contribution in [1.29, 1.82) is 0 Å². The topological polar surface area (TPSA) is 135 Å². The number of rotatable bonds is 9. The number of fused-ring (bicyclic) bond motifs is 1. The molecule has 11 nitrogen and oxygen atoms in total. The van der Waals surface area contributed by atoms with Crippen LogP contribution in [0.15, 0.2) is 28.1 Å². The number of nitrogens with zero attached hydrogens (tertiary/aromatic N) is 4. The Morgan fingerprint density at radius 2 is 1.97 bits per heavy atom. The number of ketones is 1. The Balaban J connectivity index is 1.67. The highest BCUT2D eigenvalue weighted by molar-refractivity contribution is 5.93. The molecule has 1 aliphatic rings. The molecule has 0 aromatic carbocycles. The molecule has 1 N–H and O–H groups in total. The van der Waals surface area contributed by atoms with E-state index in [1.807, 2.05) is 0 Å². The molecule has 0 amide bonds. The van der Waals surface area contributed by atoms with Crippen LogP contribution in [0.1, 0.15) is 31.9 Å². The van der Waals surface area contributed by atoms with Gasteiger partial charge in [0.25, 0.3) is 5.56 Å². The summed E-state index contributed by atoms with van der Waals surface area (Å²) in [5.74, 6) is -1.16. The molecule has 3 heterocycles. The van der Waals surface area contributed by atoms with Crippen LogP contribution in [0.3, 0.4) is 0 Å². The Hall–Kier alpha value is -3.05. The van der Waals surface area contributed by atoms with Crippen molar-refractivity contribution in [1.82, 2.24) is 18.7 Å². The number of imidazole rings is 1. The van der Waals surface area contributed by atoms with Gasteiger partial charge in [0.1, 0.15) is 12.4 Å². The molecular formula is C19H24N4O7. The first kappa shape index (κ1) is 21.7. The number of ether oxygens (including phenoxy) is 2. The molecule has 2 aromatic rings. The predicted octanol–water partition coefficient (Wildman–Crippen LogP) is 0.118. The Morgan fingerprint density at radius 1 is 1.20 bits per heavy atom. The van der Waals surface area contributed by atoms with Gasteiger partial charge in [0.05, 0.1) is 6.61 Å². The highest BCUT2D eigenvalue weighted by Crippen LogP contribution is 2.22. The highest BCUT2D eigenvalue weighted by Gasteiger charge is 2.29. The Labute approximate surface area is 171 Å². The van der Waals surface area contributed by atoms with Crippen LogP contribution in [0, 0.1) is 0 Å². The number of hydrogen-bond acceptors (Lipinski definition) is 7. The third-order valence-electron chi connectivity index (χ3n) is 4.91. The number of unbranched alkanes of at least 4 members (excludes halogenated alkanes) is 2. The lowest BCUT2D eigenvalue weighted by Crippen LogP contribution is -2.39. The Kier molecular flexibility index (Phi) is 6.63. The minimum absolute atomic E-state index is 0.103. The maximum absolute atomic E-state index is 12.6. The normalized spacial score (nSPS) is 18.9. The fourth-order valence-corrected chi connectivity index (χ4v) is 3.26. The largest absolute Gasteiger partial charge is 0.481 e. The summed E-state index contributed by atoms with van der Waals surface area (Å²) in [6.45, 7) is 0.658. The van der Waals surface area contributed by atoms with E-state index in [0.717, 1.165) is 17.4 Å².